The summed E-state index contributed by atoms with van der Waals surface area (Å²) in [6.07, 6.45) is 2.61. The van der Waals surface area contributed by atoms with E-state index in [4.69, 9.17) is 23.2 Å². The van der Waals surface area contributed by atoms with Crippen molar-refractivity contribution in [2.45, 2.75) is 25.0 Å². The molecule has 0 radical (unpaired) electrons. The van der Waals surface area contributed by atoms with Crippen molar-refractivity contribution in [3.8, 4) is 0 Å². The first kappa shape index (κ1) is 22.4. The lowest BCUT2D eigenvalue weighted by atomic mass is 10.2. The maximum absolute atomic E-state index is 12.8. The molecule has 1 atom stereocenters. The van der Waals surface area contributed by atoms with Crippen molar-refractivity contribution in [3.05, 3.63) is 70.7 Å². The van der Waals surface area contributed by atoms with Gasteiger partial charge in [0.2, 0.25) is 11.8 Å². The quantitative estimate of drug-likeness (QED) is 0.537. The van der Waals surface area contributed by atoms with Gasteiger partial charge < -0.3 is 5.32 Å². The number of aryl methyl sites for hydroxylation is 1. The van der Waals surface area contributed by atoms with Gasteiger partial charge >= 0.3 is 0 Å². The number of benzene rings is 2. The molecular weight excluding hydrogens is 441 g/mol. The molecule has 2 aromatic carbocycles. The van der Waals surface area contributed by atoms with E-state index in [0.717, 1.165) is 12.1 Å². The van der Waals surface area contributed by atoms with Crippen molar-refractivity contribution < 1.29 is 9.59 Å². The van der Waals surface area contributed by atoms with Crippen LogP contribution in [0.4, 0.5) is 11.4 Å². The predicted octanol–water partition coefficient (Wildman–Crippen LogP) is 5.70. The van der Waals surface area contributed by atoms with Gasteiger partial charge in [-0.25, -0.2) is 4.99 Å². The molecule has 1 aliphatic heterocycles. The summed E-state index contributed by atoms with van der Waals surface area (Å²) in [5.74, 6) is -0.445. The third-order valence-electron chi connectivity index (χ3n) is 4.48. The number of nitrogens with one attached hydrogen (secondary N) is 1. The molecule has 0 saturated carbocycles. The van der Waals surface area contributed by atoms with E-state index >= 15 is 0 Å². The van der Waals surface area contributed by atoms with Gasteiger partial charge in [0.1, 0.15) is 5.25 Å². The van der Waals surface area contributed by atoms with Gasteiger partial charge in [0.25, 0.3) is 0 Å². The van der Waals surface area contributed by atoms with Gasteiger partial charge in [-0.3, -0.25) is 14.5 Å². The van der Waals surface area contributed by atoms with Crippen LogP contribution in [0.25, 0.3) is 0 Å². The van der Waals surface area contributed by atoms with E-state index in [1.807, 2.05) is 24.3 Å². The summed E-state index contributed by atoms with van der Waals surface area (Å²) in [4.78, 5) is 31.5. The summed E-state index contributed by atoms with van der Waals surface area (Å²) in [6.45, 7) is 6.14. The average Bonchev–Trinajstić information content (AvgIpc) is 3.00. The van der Waals surface area contributed by atoms with Crippen LogP contribution in [0.1, 0.15) is 18.9 Å². The summed E-state index contributed by atoms with van der Waals surface area (Å²) < 4.78 is 0. The molecule has 1 aliphatic rings. The minimum Gasteiger partial charge on any atom is -0.326 e. The average molecular weight is 462 g/mol. The molecule has 1 heterocycles. The number of carbonyl (C=O) groups is 2. The molecule has 8 heteroatoms. The van der Waals surface area contributed by atoms with Crippen molar-refractivity contribution >= 4 is 63.3 Å². The molecule has 2 aromatic rings. The second-order valence-corrected chi connectivity index (χ2v) is 8.62. The Balaban J connectivity index is 1.72. The first-order valence-electron chi connectivity index (χ1n) is 9.42. The number of hydrogen-bond donors (Lipinski definition) is 1. The van der Waals surface area contributed by atoms with Crippen LogP contribution in [0, 0.1) is 0 Å². The Kier molecular flexibility index (Phi) is 7.58. The predicted molar refractivity (Wildman–Crippen MR) is 126 cm³/mol. The van der Waals surface area contributed by atoms with E-state index in [0.29, 0.717) is 27.4 Å². The Morgan fingerprint density at radius 1 is 1.23 bits per heavy atom. The maximum atomic E-state index is 12.8. The molecule has 1 fully saturated rings. The molecule has 0 unspecified atom stereocenters. The van der Waals surface area contributed by atoms with Gasteiger partial charge in [-0.1, -0.05) is 60.1 Å². The normalized spacial score (nSPS) is 17.4. The fourth-order valence-electron chi connectivity index (χ4n) is 2.89. The van der Waals surface area contributed by atoms with Crippen LogP contribution in [-0.2, 0) is 16.0 Å². The fraction of sp³-hybridized carbons (Fsp3) is 0.227. The number of carbonyl (C=O) groups excluding carboxylic acids is 2. The maximum Gasteiger partial charge on any atom is 0.242 e. The zero-order chi connectivity index (χ0) is 21.7. The highest BCUT2D eigenvalue weighted by Crippen LogP contribution is 2.32. The summed E-state index contributed by atoms with van der Waals surface area (Å²) in [5.41, 5.74) is 2.50. The standard InChI is InChI=1S/C22H21Cl2N3O2S/c1-3-11-27-21(29)19(13-20(28)25-16-9-10-17(23)18(24)12-16)30-22(27)26-15-7-5-14(4-2)6-8-15/h3,5-10,12,19H,1,4,11,13H2,2H3,(H,25,28)/t19-/m0/s1. The number of amidine groups is 1. The lowest BCUT2D eigenvalue weighted by Gasteiger charge is -2.14. The molecule has 0 spiro atoms. The van der Waals surface area contributed by atoms with Crippen LogP contribution in [-0.4, -0.2) is 33.7 Å². The Bertz CT molecular complexity index is 992. The molecule has 1 N–H and O–H groups in total. The van der Waals surface area contributed by atoms with Crippen molar-refractivity contribution in [2.24, 2.45) is 4.99 Å². The van der Waals surface area contributed by atoms with Crippen molar-refractivity contribution in [1.29, 1.82) is 0 Å². The first-order chi connectivity index (χ1) is 14.4. The SMILES string of the molecule is C=CCN1C(=O)[C@H](CC(=O)Nc2ccc(Cl)c(Cl)c2)SC1=Nc1ccc(CC)cc1. The van der Waals surface area contributed by atoms with E-state index < -0.39 is 5.25 Å². The molecule has 0 aromatic heterocycles. The molecule has 2 amide bonds. The largest absolute Gasteiger partial charge is 0.326 e. The Morgan fingerprint density at radius 2 is 1.97 bits per heavy atom. The number of aliphatic imine (C=N–C) groups is 1. The highest BCUT2D eigenvalue weighted by molar-refractivity contribution is 8.15. The number of nitrogens with zero attached hydrogens (tertiary/aromatic N) is 2. The van der Waals surface area contributed by atoms with Crippen LogP contribution in [0.3, 0.4) is 0 Å². The summed E-state index contributed by atoms with van der Waals surface area (Å²) in [5, 5.41) is 3.52. The third kappa shape index (κ3) is 5.45. The minimum atomic E-state index is -0.554. The zero-order valence-corrected chi connectivity index (χ0v) is 18.7. The van der Waals surface area contributed by atoms with Gasteiger partial charge in [0.05, 0.1) is 15.7 Å². The zero-order valence-electron chi connectivity index (χ0n) is 16.4. The molecule has 5 nitrogen and oxygen atoms in total. The Morgan fingerprint density at radius 3 is 2.60 bits per heavy atom. The molecule has 1 saturated heterocycles. The lowest BCUT2D eigenvalue weighted by Crippen LogP contribution is -2.33. The van der Waals surface area contributed by atoms with Crippen LogP contribution >= 0.6 is 35.0 Å². The van der Waals surface area contributed by atoms with Crippen LogP contribution in [0.5, 0.6) is 0 Å². The monoisotopic (exact) mass is 461 g/mol. The van der Waals surface area contributed by atoms with E-state index in [-0.39, 0.29) is 18.2 Å². The molecular formula is C22H21Cl2N3O2S. The Labute approximate surface area is 190 Å². The highest BCUT2D eigenvalue weighted by atomic mass is 35.5. The topological polar surface area (TPSA) is 61.8 Å². The van der Waals surface area contributed by atoms with Crippen molar-refractivity contribution in [1.82, 2.24) is 4.90 Å². The number of amides is 2. The Hall–Kier alpha value is -2.28. The lowest BCUT2D eigenvalue weighted by molar-refractivity contribution is -0.127. The van der Waals surface area contributed by atoms with Gasteiger partial charge in [-0.05, 0) is 42.3 Å². The molecule has 0 aliphatic carbocycles. The first-order valence-corrected chi connectivity index (χ1v) is 11.1. The van der Waals surface area contributed by atoms with Crippen LogP contribution in [0.2, 0.25) is 10.0 Å². The van der Waals surface area contributed by atoms with Crippen molar-refractivity contribution in [3.63, 3.8) is 0 Å². The summed E-state index contributed by atoms with van der Waals surface area (Å²) in [6, 6.07) is 12.7. The summed E-state index contributed by atoms with van der Waals surface area (Å²) >= 11 is 13.2. The highest BCUT2D eigenvalue weighted by Gasteiger charge is 2.38. The number of halogens is 2. The van der Waals surface area contributed by atoms with Crippen LogP contribution < -0.4 is 5.32 Å². The van der Waals surface area contributed by atoms with Gasteiger partial charge in [0, 0.05) is 18.7 Å². The number of rotatable bonds is 7. The van der Waals surface area contributed by atoms with E-state index in [9.17, 15) is 9.59 Å². The van der Waals surface area contributed by atoms with E-state index in [1.54, 1.807) is 29.2 Å². The fourth-order valence-corrected chi connectivity index (χ4v) is 4.36. The molecule has 156 valence electrons. The molecule has 3 rings (SSSR count). The van der Waals surface area contributed by atoms with Crippen LogP contribution in [0.15, 0.2) is 60.1 Å². The van der Waals surface area contributed by atoms with Gasteiger partial charge in [-0.15, -0.1) is 6.58 Å². The molecule has 0 bridgehead atoms. The number of hydrogen-bond acceptors (Lipinski definition) is 4. The van der Waals surface area contributed by atoms with E-state index in [1.165, 1.54) is 17.3 Å². The second-order valence-electron chi connectivity index (χ2n) is 6.64. The van der Waals surface area contributed by atoms with Gasteiger partial charge in [-0.2, -0.15) is 0 Å². The second kappa shape index (κ2) is 10.2. The van der Waals surface area contributed by atoms with Gasteiger partial charge in [0.15, 0.2) is 5.17 Å². The molecule has 30 heavy (non-hydrogen) atoms. The third-order valence-corrected chi connectivity index (χ3v) is 6.39. The smallest absolute Gasteiger partial charge is 0.242 e. The van der Waals surface area contributed by atoms with Crippen molar-refractivity contribution in [2.75, 3.05) is 11.9 Å². The van der Waals surface area contributed by atoms with E-state index in [2.05, 4.69) is 23.8 Å². The number of thioether (sulfide) groups is 1. The minimum absolute atomic E-state index is 0.0190. The summed E-state index contributed by atoms with van der Waals surface area (Å²) in [7, 11) is 0. The number of anilines is 1.